The second-order valence-electron chi connectivity index (χ2n) is 8.80. The van der Waals surface area contributed by atoms with Gasteiger partial charge in [0, 0.05) is 12.1 Å². The smallest absolute Gasteiger partial charge is 0.268 e. The number of fused-ring (bicyclic) bond motifs is 3. The number of aromatic nitrogens is 2. The molecule has 0 bridgehead atoms. The fraction of sp³-hybridized carbons (Fsp3) is 0.179. The molecule has 1 N–H and O–H groups in total. The molecule has 0 saturated carbocycles. The maximum absolute atomic E-state index is 13.7. The fourth-order valence-corrected chi connectivity index (χ4v) is 6.35. The number of sulfonamides is 1. The van der Waals surface area contributed by atoms with Gasteiger partial charge in [-0.15, -0.1) is 0 Å². The molecule has 0 radical (unpaired) electrons. The molecule has 1 amide bonds. The van der Waals surface area contributed by atoms with Crippen molar-refractivity contribution in [3.8, 4) is 17.0 Å². The summed E-state index contributed by atoms with van der Waals surface area (Å²) in [4.78, 5) is 21.3. The summed E-state index contributed by atoms with van der Waals surface area (Å²) in [5, 5.41) is 3.22. The van der Waals surface area contributed by atoms with Crippen LogP contribution in [0.15, 0.2) is 89.0 Å². The molecule has 0 unspecified atom stereocenters. The number of methoxy groups -OCH3 is 1. The van der Waals surface area contributed by atoms with E-state index >= 15 is 0 Å². The van der Waals surface area contributed by atoms with Gasteiger partial charge in [-0.3, -0.25) is 9.10 Å². The van der Waals surface area contributed by atoms with Crippen LogP contribution in [0.1, 0.15) is 16.7 Å². The molecule has 0 atom stereocenters. The van der Waals surface area contributed by atoms with Crippen molar-refractivity contribution in [2.24, 2.45) is 0 Å². The van der Waals surface area contributed by atoms with E-state index in [0.717, 1.165) is 28.5 Å². The van der Waals surface area contributed by atoms with Crippen LogP contribution in [0.5, 0.6) is 5.75 Å². The van der Waals surface area contributed by atoms with Crippen molar-refractivity contribution in [1.82, 2.24) is 15.3 Å². The molecular weight excluding hydrogens is 520 g/mol. The third kappa shape index (κ3) is 5.36. The number of carbonyl (C=O) groups is 1. The van der Waals surface area contributed by atoms with Crippen molar-refractivity contribution in [3.05, 3.63) is 95.7 Å². The second-order valence-corrected chi connectivity index (χ2v) is 11.6. The van der Waals surface area contributed by atoms with E-state index in [1.54, 1.807) is 19.2 Å². The zero-order chi connectivity index (χ0) is 26.7. The highest BCUT2D eigenvalue weighted by molar-refractivity contribution is 7.99. The monoisotopic (exact) mass is 546 g/mol. The van der Waals surface area contributed by atoms with E-state index in [2.05, 4.69) is 15.3 Å². The van der Waals surface area contributed by atoms with Crippen LogP contribution in [0.3, 0.4) is 0 Å². The number of amides is 1. The lowest BCUT2D eigenvalue weighted by molar-refractivity contribution is -0.118. The first-order valence-corrected chi connectivity index (χ1v) is 14.3. The number of hydrogen-bond donors (Lipinski definition) is 1. The highest BCUT2D eigenvalue weighted by Gasteiger charge is 2.36. The first-order valence-electron chi connectivity index (χ1n) is 11.9. The highest BCUT2D eigenvalue weighted by Crippen LogP contribution is 2.42. The molecular formula is C28H26N4O4S2. The quantitative estimate of drug-likeness (QED) is 0.255. The number of ether oxygens (including phenoxy) is 1. The number of nitrogens with zero attached hydrogens (tertiary/aromatic N) is 3. The minimum atomic E-state index is -3.93. The SMILES string of the molecule is COc1cccc(CN2c3ccccc3-c3nc(SCC(=O)NCc4ccc(C)cc4)ncc3S2(=O)=O)c1. The van der Waals surface area contributed by atoms with Gasteiger partial charge in [0.1, 0.15) is 10.6 Å². The van der Waals surface area contributed by atoms with E-state index in [-0.39, 0.29) is 23.1 Å². The summed E-state index contributed by atoms with van der Waals surface area (Å²) in [5.74, 6) is 0.606. The number of anilines is 1. The van der Waals surface area contributed by atoms with Gasteiger partial charge in [0.25, 0.3) is 10.0 Å². The van der Waals surface area contributed by atoms with Crippen LogP contribution in [-0.4, -0.2) is 37.2 Å². The number of hydrogen-bond acceptors (Lipinski definition) is 7. The van der Waals surface area contributed by atoms with Gasteiger partial charge >= 0.3 is 0 Å². The van der Waals surface area contributed by atoms with Crippen LogP contribution in [-0.2, 0) is 27.9 Å². The molecule has 3 aromatic carbocycles. The molecule has 0 spiro atoms. The predicted octanol–water partition coefficient (Wildman–Crippen LogP) is 4.58. The lowest BCUT2D eigenvalue weighted by atomic mass is 10.1. The van der Waals surface area contributed by atoms with E-state index in [0.29, 0.717) is 34.4 Å². The summed E-state index contributed by atoms with van der Waals surface area (Å²) in [6.07, 6.45) is 1.33. The highest BCUT2D eigenvalue weighted by atomic mass is 32.2. The van der Waals surface area contributed by atoms with Crippen molar-refractivity contribution in [3.63, 3.8) is 0 Å². The standard InChI is InChI=1S/C28H26N4O4S2/c1-19-10-12-20(13-11-19)15-29-26(33)18-37-28-30-16-25-27(31-28)23-8-3-4-9-24(23)32(38(25,34)35)17-21-6-5-7-22(14-21)36-2/h3-14,16H,15,17-18H2,1-2H3,(H,29,33). The lowest BCUT2D eigenvalue weighted by Crippen LogP contribution is -2.34. The van der Waals surface area contributed by atoms with Crippen LogP contribution in [0, 0.1) is 6.92 Å². The van der Waals surface area contributed by atoms with Crippen LogP contribution in [0.25, 0.3) is 11.3 Å². The van der Waals surface area contributed by atoms with E-state index in [4.69, 9.17) is 4.74 Å². The van der Waals surface area contributed by atoms with Gasteiger partial charge < -0.3 is 10.1 Å². The average molecular weight is 547 g/mol. The first kappa shape index (κ1) is 25.7. The van der Waals surface area contributed by atoms with Gasteiger partial charge in [-0.2, -0.15) is 0 Å². The molecule has 38 heavy (non-hydrogen) atoms. The molecule has 0 aliphatic carbocycles. The Morgan fingerprint density at radius 3 is 2.61 bits per heavy atom. The first-order chi connectivity index (χ1) is 18.3. The number of para-hydroxylation sites is 1. The Morgan fingerprint density at radius 1 is 1.03 bits per heavy atom. The van der Waals surface area contributed by atoms with Crippen molar-refractivity contribution in [2.75, 3.05) is 17.2 Å². The Balaban J connectivity index is 1.36. The maximum Gasteiger partial charge on any atom is 0.268 e. The molecule has 0 fully saturated rings. The molecule has 8 nitrogen and oxygen atoms in total. The Bertz CT molecular complexity index is 1590. The van der Waals surface area contributed by atoms with E-state index < -0.39 is 10.0 Å². The molecule has 1 aliphatic heterocycles. The maximum atomic E-state index is 13.7. The van der Waals surface area contributed by atoms with Gasteiger partial charge in [-0.25, -0.2) is 18.4 Å². The molecule has 10 heteroatoms. The minimum Gasteiger partial charge on any atom is -0.497 e. The number of benzene rings is 3. The van der Waals surface area contributed by atoms with Crippen LogP contribution < -0.4 is 14.4 Å². The van der Waals surface area contributed by atoms with Gasteiger partial charge in [0.15, 0.2) is 5.16 Å². The summed E-state index contributed by atoms with van der Waals surface area (Å²) >= 11 is 1.16. The summed E-state index contributed by atoms with van der Waals surface area (Å²) in [6.45, 7) is 2.58. The Kier molecular flexibility index (Phi) is 7.35. The van der Waals surface area contributed by atoms with Crippen molar-refractivity contribution in [2.45, 2.75) is 30.1 Å². The topological polar surface area (TPSA) is 101 Å². The van der Waals surface area contributed by atoms with E-state index in [1.165, 1.54) is 10.5 Å². The van der Waals surface area contributed by atoms with Gasteiger partial charge in [0.05, 0.1) is 37.0 Å². The van der Waals surface area contributed by atoms with Gasteiger partial charge in [-0.05, 0) is 36.2 Å². The van der Waals surface area contributed by atoms with E-state index in [1.807, 2.05) is 67.6 Å². The van der Waals surface area contributed by atoms with Gasteiger partial charge in [0.2, 0.25) is 5.91 Å². The van der Waals surface area contributed by atoms with Crippen LogP contribution in [0.4, 0.5) is 5.69 Å². The van der Waals surface area contributed by atoms with Crippen molar-refractivity contribution in [1.29, 1.82) is 0 Å². The average Bonchev–Trinajstić information content (AvgIpc) is 2.94. The zero-order valence-corrected chi connectivity index (χ0v) is 22.6. The zero-order valence-electron chi connectivity index (χ0n) is 20.9. The van der Waals surface area contributed by atoms with E-state index in [9.17, 15) is 13.2 Å². The van der Waals surface area contributed by atoms with Crippen molar-refractivity contribution < 1.29 is 17.9 Å². The lowest BCUT2D eigenvalue weighted by Gasteiger charge is -2.31. The second kappa shape index (κ2) is 10.8. The van der Waals surface area contributed by atoms with Crippen LogP contribution in [0.2, 0.25) is 0 Å². The molecule has 1 aliphatic rings. The predicted molar refractivity (Wildman–Crippen MR) is 148 cm³/mol. The molecule has 194 valence electrons. The molecule has 1 aromatic heterocycles. The minimum absolute atomic E-state index is 0.0345. The number of thioether (sulfide) groups is 1. The summed E-state index contributed by atoms with van der Waals surface area (Å²) in [5.41, 5.74) is 4.52. The molecule has 0 saturated heterocycles. The third-order valence-electron chi connectivity index (χ3n) is 6.13. The largest absolute Gasteiger partial charge is 0.497 e. The normalized spacial score (nSPS) is 13.4. The fourth-order valence-electron chi connectivity index (χ4n) is 4.14. The Hall–Kier alpha value is -3.89. The van der Waals surface area contributed by atoms with Gasteiger partial charge in [-0.1, -0.05) is 71.9 Å². The summed E-state index contributed by atoms with van der Waals surface area (Å²) < 4.78 is 34.0. The van der Waals surface area contributed by atoms with Crippen molar-refractivity contribution >= 4 is 33.4 Å². The Morgan fingerprint density at radius 2 is 1.82 bits per heavy atom. The Labute approximate surface area is 226 Å². The van der Waals surface area contributed by atoms with Crippen LogP contribution >= 0.6 is 11.8 Å². The summed E-state index contributed by atoms with van der Waals surface area (Å²) in [6, 6.07) is 22.5. The molecule has 5 rings (SSSR count). The third-order valence-corrected chi connectivity index (χ3v) is 8.75. The molecule has 2 heterocycles. The number of aryl methyl sites for hydroxylation is 1. The number of nitrogens with one attached hydrogen (secondary N) is 1. The number of rotatable bonds is 8. The number of carbonyl (C=O) groups excluding carboxylic acids is 1. The molecule has 4 aromatic rings. The summed E-state index contributed by atoms with van der Waals surface area (Å²) in [7, 11) is -2.35.